The Morgan fingerprint density at radius 1 is 0.196 bits per heavy atom. The highest BCUT2D eigenvalue weighted by Gasteiger charge is 2.27. The summed E-state index contributed by atoms with van der Waals surface area (Å²) in [6, 6.07) is 110. The van der Waals surface area contributed by atoms with E-state index in [1.165, 1.54) is 21.5 Å². The second-order valence-corrected chi connectivity index (χ2v) is 27.9. The van der Waals surface area contributed by atoms with Gasteiger partial charge >= 0.3 is 0 Å². The molecule has 0 aliphatic carbocycles. The van der Waals surface area contributed by atoms with Gasteiger partial charge in [0.1, 0.15) is 15.1 Å². The summed E-state index contributed by atoms with van der Waals surface area (Å²) in [6.45, 7) is 0. The normalized spacial score (nSPS) is 11.6. The maximum Gasteiger partial charge on any atom is 0.225 e. The highest BCUT2D eigenvalue weighted by molar-refractivity contribution is 6.43. The summed E-state index contributed by atoms with van der Waals surface area (Å²) in [6.07, 6.45) is 0. The Morgan fingerprint density at radius 2 is 0.439 bits per heavy atom. The smallest absolute Gasteiger partial charge is 0.225 e. The molecule has 0 spiro atoms. The lowest BCUT2D eigenvalue weighted by atomic mass is 10.1. The van der Waals surface area contributed by atoms with Gasteiger partial charge in [0.25, 0.3) is 0 Å². The number of halogens is 6. The molecule has 11 nitrogen and oxygen atoms in total. The van der Waals surface area contributed by atoms with Crippen LogP contribution in [0.3, 0.4) is 0 Å². The molecule has 0 N–H and O–H groups in total. The summed E-state index contributed by atoms with van der Waals surface area (Å²) < 4.78 is 10.8. The topological polar surface area (TPSA) is 102 Å². The van der Waals surface area contributed by atoms with Gasteiger partial charge in [-0.15, -0.1) is 0 Å². The number of nitrogens with zero attached hydrogens (tertiary/aromatic N) is 11. The first-order valence-corrected chi connectivity index (χ1v) is 36.8. The second kappa shape index (κ2) is 27.1. The van der Waals surface area contributed by atoms with Gasteiger partial charge in [-0.2, -0.15) is 9.97 Å². The van der Waals surface area contributed by atoms with Crippen LogP contribution in [0.4, 0.5) is 0 Å². The van der Waals surface area contributed by atoms with Gasteiger partial charge in [-0.1, -0.05) is 295 Å². The van der Waals surface area contributed by atoms with Crippen LogP contribution in [0, 0.1) is 0 Å². The molecule has 510 valence electrons. The third-order valence-electron chi connectivity index (χ3n) is 19.8. The number of fused-ring (bicyclic) bond motifs is 15. The van der Waals surface area contributed by atoms with E-state index in [9.17, 15) is 0 Å². The standard InChI is InChI=1S/C40H25ClN4.C34H20Cl2N4.C16H8Cl3N3/c41-37-38(31-20-8-13-25-36(31)44-32-21-9-4-16-27(32)28-17-5-10-22-33(28)44)42-39(26-14-2-1-3-15-26)43-40(37)45-34-23-11-6-18-29(34)30-19-7-12-24-35(30)45;35-31-32(37-34(36)38-33(31)40-28-18-8-3-13-23(28)24-14-4-9-19-29(24)40)25-15-5-10-20-30(25)39-26-16-6-1-11-21(26)22-12-2-7-17-27(22)39;17-13-14(18)20-16(19)21-15(13)22-11-7-3-1-5-9(11)10-6-2-4-8-12(10)22/h1-25H;1-20H;1-8H. The van der Waals surface area contributed by atoms with E-state index in [4.69, 9.17) is 84.6 Å². The largest absolute Gasteiger partial charge is 0.309 e. The molecule has 0 unspecified atom stereocenters. The number of aromatic nitrogens is 11. The molecule has 21 rings (SSSR count). The van der Waals surface area contributed by atoms with Crippen molar-refractivity contribution in [2.45, 2.75) is 0 Å². The van der Waals surface area contributed by atoms with Crippen LogP contribution < -0.4 is 0 Å². The molecule has 17 heteroatoms. The van der Waals surface area contributed by atoms with Gasteiger partial charge in [0.2, 0.25) is 10.6 Å². The van der Waals surface area contributed by atoms with E-state index < -0.39 is 0 Å². The molecule has 8 heterocycles. The fraction of sp³-hybridized carbons (Fsp3) is 0. The first-order valence-electron chi connectivity index (χ1n) is 34.5. The van der Waals surface area contributed by atoms with Crippen molar-refractivity contribution >= 4 is 179 Å². The van der Waals surface area contributed by atoms with Crippen LogP contribution in [-0.2, 0) is 0 Å². The van der Waals surface area contributed by atoms with E-state index in [1.54, 1.807) is 0 Å². The number of rotatable bonds is 8. The van der Waals surface area contributed by atoms with Crippen LogP contribution >= 0.6 is 69.6 Å². The average Bonchev–Trinajstić information content (AvgIpc) is 1.65. The molecule has 0 amide bonds. The summed E-state index contributed by atoms with van der Waals surface area (Å²) in [5, 5.41) is 13.1. The highest BCUT2D eigenvalue weighted by atomic mass is 35.5. The predicted molar refractivity (Wildman–Crippen MR) is 444 cm³/mol. The van der Waals surface area contributed by atoms with Crippen LogP contribution in [0.2, 0.25) is 30.8 Å². The zero-order chi connectivity index (χ0) is 72.0. The van der Waals surface area contributed by atoms with Gasteiger partial charge in [0.15, 0.2) is 28.4 Å². The summed E-state index contributed by atoms with van der Waals surface area (Å²) in [5.41, 5.74) is 16.5. The molecule has 0 radical (unpaired) electrons. The van der Waals surface area contributed by atoms with Gasteiger partial charge in [-0.3, -0.25) is 13.7 Å². The number of hydrogen-bond acceptors (Lipinski definition) is 6. The van der Waals surface area contributed by atoms with Gasteiger partial charge in [0, 0.05) is 70.6 Å². The molecular formula is C90H53Cl6N11. The van der Waals surface area contributed by atoms with Crippen molar-refractivity contribution in [1.82, 2.24) is 52.7 Å². The molecule has 0 fully saturated rings. The van der Waals surface area contributed by atoms with E-state index in [1.807, 2.05) is 120 Å². The quantitative estimate of drug-likeness (QED) is 0.111. The first-order chi connectivity index (χ1) is 52.6. The van der Waals surface area contributed by atoms with Crippen LogP contribution in [0.15, 0.2) is 322 Å². The lowest BCUT2D eigenvalue weighted by Gasteiger charge is -2.18. The average molecular weight is 1500 g/mol. The molecule has 0 aliphatic heterocycles. The van der Waals surface area contributed by atoms with Gasteiger partial charge in [-0.05, 0) is 96.0 Å². The van der Waals surface area contributed by atoms with E-state index in [0.717, 1.165) is 116 Å². The van der Waals surface area contributed by atoms with Crippen molar-refractivity contribution in [2.75, 3.05) is 0 Å². The Hall–Kier alpha value is -12.2. The van der Waals surface area contributed by atoms with E-state index in [2.05, 4.69) is 239 Å². The maximum absolute atomic E-state index is 7.51. The van der Waals surface area contributed by atoms with Crippen molar-refractivity contribution < 1.29 is 0 Å². The zero-order valence-electron chi connectivity index (χ0n) is 56.3. The molecule has 0 aliphatic rings. The molecule has 0 saturated carbocycles. The molecule has 13 aromatic carbocycles. The first kappa shape index (κ1) is 65.6. The minimum atomic E-state index is 0.0614. The molecule has 107 heavy (non-hydrogen) atoms. The Bertz CT molecular complexity index is 6870. The molecule has 8 aromatic heterocycles. The Morgan fingerprint density at radius 3 is 0.766 bits per heavy atom. The molecule has 21 aromatic rings. The lowest BCUT2D eigenvalue weighted by Crippen LogP contribution is -2.06. The van der Waals surface area contributed by atoms with Crippen molar-refractivity contribution in [3.8, 4) is 62.7 Å². The summed E-state index contributed by atoms with van der Waals surface area (Å²) in [4.78, 5) is 27.9. The van der Waals surface area contributed by atoms with Crippen molar-refractivity contribution in [1.29, 1.82) is 0 Å². The predicted octanol–water partition coefficient (Wildman–Crippen LogP) is 25.8. The third kappa shape index (κ3) is 11.0. The lowest BCUT2D eigenvalue weighted by molar-refractivity contribution is 1.04. The van der Waals surface area contributed by atoms with Gasteiger partial charge in [0.05, 0.1) is 77.9 Å². The zero-order valence-corrected chi connectivity index (χ0v) is 60.8. The van der Waals surface area contributed by atoms with Crippen molar-refractivity contribution in [2.24, 2.45) is 0 Å². The summed E-state index contributed by atoms with van der Waals surface area (Å²) in [7, 11) is 0. The Balaban J connectivity index is 0.000000116. The molecule has 0 saturated heterocycles. The molecule has 0 bridgehead atoms. The minimum absolute atomic E-state index is 0.0614. The SMILES string of the molecule is Clc1c(-c2ccccc2-n2c3ccccc3c3ccccc32)nc(-c2ccccc2)nc1-n1c2ccccc2c2ccccc21.Clc1nc(-c2ccccc2-n2c3ccccc3c3ccccc32)c(Cl)c(-n2c3ccccc3c3ccccc32)n1.Clc1nc(Cl)c(Cl)c(-n2c3ccccc3c3ccccc32)n1. The van der Waals surface area contributed by atoms with Crippen LogP contribution in [0.25, 0.3) is 172 Å². The van der Waals surface area contributed by atoms with Crippen LogP contribution in [0.5, 0.6) is 0 Å². The van der Waals surface area contributed by atoms with Gasteiger partial charge < -0.3 is 9.13 Å². The third-order valence-corrected chi connectivity index (χ3v) is 21.5. The fourth-order valence-corrected chi connectivity index (χ4v) is 16.5. The summed E-state index contributed by atoms with van der Waals surface area (Å²) in [5.74, 6) is 2.29. The number of hydrogen-bond donors (Lipinski definition) is 0. The highest BCUT2D eigenvalue weighted by Crippen LogP contribution is 2.45. The minimum Gasteiger partial charge on any atom is -0.309 e. The number of para-hydroxylation sites is 12. The summed E-state index contributed by atoms with van der Waals surface area (Å²) >= 11 is 39.8. The fourth-order valence-electron chi connectivity index (χ4n) is 15.3. The van der Waals surface area contributed by atoms with E-state index in [-0.39, 0.29) is 20.7 Å². The van der Waals surface area contributed by atoms with Gasteiger partial charge in [-0.25, -0.2) is 19.9 Å². The Kier molecular flexibility index (Phi) is 16.6. The maximum atomic E-state index is 7.51. The molecule has 0 atom stereocenters. The van der Waals surface area contributed by atoms with Crippen LogP contribution in [-0.4, -0.2) is 52.7 Å². The second-order valence-electron chi connectivity index (χ2n) is 25.7. The number of benzene rings is 13. The Labute approximate surface area is 641 Å². The monoisotopic (exact) mass is 1500 g/mol. The van der Waals surface area contributed by atoms with Crippen molar-refractivity contribution in [3.05, 3.63) is 352 Å². The molecular weight excluding hydrogens is 1450 g/mol. The van der Waals surface area contributed by atoms with E-state index in [0.29, 0.717) is 44.7 Å². The van der Waals surface area contributed by atoms with Crippen molar-refractivity contribution in [3.63, 3.8) is 0 Å². The van der Waals surface area contributed by atoms with E-state index >= 15 is 0 Å². The van der Waals surface area contributed by atoms with Crippen LogP contribution in [0.1, 0.15) is 0 Å².